The van der Waals surface area contributed by atoms with E-state index in [0.29, 0.717) is 19.4 Å². The molecule has 0 bridgehead atoms. The van der Waals surface area contributed by atoms with E-state index < -0.39 is 133 Å². The predicted octanol–water partition coefficient (Wildman–Crippen LogP) is -2.93. The maximum Gasteiger partial charge on any atom is 0.326 e. The zero-order chi connectivity index (χ0) is 47.6. The van der Waals surface area contributed by atoms with Gasteiger partial charge in [-0.2, -0.15) is 0 Å². The Morgan fingerprint density at radius 3 is 1.16 bits per heavy atom. The van der Waals surface area contributed by atoms with Crippen molar-refractivity contribution in [3.05, 3.63) is 0 Å². The number of hydrogen-bond acceptors (Lipinski definition) is 13. The fraction of sp³-hybridized carbons (Fsp3) is 0.744. The predicted molar refractivity (Wildman–Crippen MR) is 218 cm³/mol. The Morgan fingerprint density at radius 2 is 0.823 bits per heavy atom. The minimum Gasteiger partial charge on any atom is -0.481 e. The van der Waals surface area contributed by atoms with Crippen LogP contribution >= 0.6 is 0 Å². The summed E-state index contributed by atoms with van der Waals surface area (Å²) in [6.45, 7) is 13.2. The lowest BCUT2D eigenvalue weighted by Crippen LogP contribution is -2.62. The smallest absolute Gasteiger partial charge is 0.326 e. The van der Waals surface area contributed by atoms with Gasteiger partial charge in [-0.3, -0.25) is 43.2 Å². The molecule has 1 aliphatic rings. The number of carboxylic acid groups (broad SMARTS) is 3. The lowest BCUT2D eigenvalue weighted by Gasteiger charge is -2.29. The van der Waals surface area contributed by atoms with Gasteiger partial charge in [0, 0.05) is 0 Å². The van der Waals surface area contributed by atoms with E-state index in [9.17, 15) is 68.4 Å². The van der Waals surface area contributed by atoms with Crippen LogP contribution in [0.2, 0.25) is 0 Å². The van der Waals surface area contributed by atoms with Crippen molar-refractivity contribution in [2.75, 3.05) is 6.54 Å². The Bertz CT molecular complexity index is 1600. The Labute approximate surface area is 360 Å². The van der Waals surface area contributed by atoms with Gasteiger partial charge in [0.15, 0.2) is 0 Å². The summed E-state index contributed by atoms with van der Waals surface area (Å²) in [5.41, 5.74) is 0. The number of aliphatic hydroxyl groups is 2. The molecule has 7 amide bonds. The number of aliphatic hydroxyl groups excluding tert-OH is 2. The molecule has 1 saturated heterocycles. The SMILES string of the molecule is CC(C)C[C@H](NC(=O)[C@H](CC(C)C)NC(=O)[C@H](CC(C)C)NC(=O)[C@@H](NC(=O)[C@H](CC(=O)O)NC(=O)[C@@H](NC(=O)[C@@H]1CCCN1)[C@@H](C)O)[C@@H](C)O)C(=O)N[C@@H](CC(=O)O)C(=O)O. The molecule has 0 spiro atoms. The van der Waals surface area contributed by atoms with Crippen LogP contribution in [0.4, 0.5) is 0 Å². The average molecular weight is 887 g/mol. The maximum atomic E-state index is 13.9. The van der Waals surface area contributed by atoms with E-state index in [4.69, 9.17) is 5.11 Å². The molecule has 23 nitrogen and oxygen atoms in total. The molecule has 0 aromatic carbocycles. The largest absolute Gasteiger partial charge is 0.481 e. The maximum absolute atomic E-state index is 13.9. The number of hydrogen-bond donors (Lipinski definition) is 13. The van der Waals surface area contributed by atoms with Gasteiger partial charge in [0.1, 0.15) is 42.3 Å². The van der Waals surface area contributed by atoms with Crippen LogP contribution in [0.1, 0.15) is 100 Å². The molecule has 0 aromatic heterocycles. The van der Waals surface area contributed by atoms with E-state index in [0.717, 1.165) is 6.92 Å². The molecule has 0 radical (unpaired) electrons. The molecule has 0 aromatic rings. The molecule has 1 heterocycles. The molecule has 0 unspecified atom stereocenters. The van der Waals surface area contributed by atoms with Crippen molar-refractivity contribution in [1.29, 1.82) is 0 Å². The van der Waals surface area contributed by atoms with Crippen LogP contribution in [-0.2, 0) is 47.9 Å². The first kappa shape index (κ1) is 54.6. The standard InChI is InChI=1S/C39H66N8O15/c1-17(2)12-23(33(55)42-24(13-18(3)4)35(57)45-27(39(61)62)16-29(52)53)41-34(56)25(14-19(5)6)43-37(59)31(21(8)49)47-36(58)26(15-28(50)51)44-38(60)30(20(7)48)46-32(54)22-10-9-11-40-22/h17-27,30-31,40,48-49H,9-16H2,1-8H3,(H,41,56)(H,42,55)(H,43,59)(H,44,60)(H,45,57)(H,46,54)(H,47,58)(H,50,51)(H,52,53)(H,61,62)/t20-,21-,22+,23+,24+,25+,26+,27+,30+,31+/m1/s1. The zero-order valence-corrected chi connectivity index (χ0v) is 36.5. The third kappa shape index (κ3) is 19.5. The highest BCUT2D eigenvalue weighted by atomic mass is 16.4. The Balaban J connectivity index is 3.31. The van der Waals surface area contributed by atoms with Gasteiger partial charge in [-0.1, -0.05) is 41.5 Å². The van der Waals surface area contributed by atoms with Gasteiger partial charge in [0.05, 0.1) is 31.1 Å². The van der Waals surface area contributed by atoms with Crippen LogP contribution in [0.15, 0.2) is 0 Å². The van der Waals surface area contributed by atoms with Crippen molar-refractivity contribution in [3.63, 3.8) is 0 Å². The highest BCUT2D eigenvalue weighted by Crippen LogP contribution is 2.13. The highest BCUT2D eigenvalue weighted by molar-refractivity contribution is 5.98. The minimum atomic E-state index is -1.88. The first-order valence-corrected chi connectivity index (χ1v) is 20.6. The summed E-state index contributed by atoms with van der Waals surface area (Å²) in [5, 5.41) is 68.3. The second kappa shape index (κ2) is 26.1. The molecule has 0 saturated carbocycles. The normalized spacial score (nSPS) is 18.1. The lowest BCUT2D eigenvalue weighted by molar-refractivity contribution is -0.147. The summed E-state index contributed by atoms with van der Waals surface area (Å²) in [5.74, 6) is -12.1. The molecule has 0 aliphatic carbocycles. The average Bonchev–Trinajstić information content (AvgIpc) is 3.68. The van der Waals surface area contributed by atoms with Crippen molar-refractivity contribution in [2.24, 2.45) is 17.8 Å². The molecular weight excluding hydrogens is 820 g/mol. The van der Waals surface area contributed by atoms with Gasteiger partial charge >= 0.3 is 17.9 Å². The third-order valence-electron chi connectivity index (χ3n) is 9.53. The van der Waals surface area contributed by atoms with E-state index in [-0.39, 0.29) is 37.0 Å². The summed E-state index contributed by atoms with van der Waals surface area (Å²) >= 11 is 0. The summed E-state index contributed by atoms with van der Waals surface area (Å²) in [6, 6.07) is -11.8. The van der Waals surface area contributed by atoms with Crippen LogP contribution in [0.3, 0.4) is 0 Å². The molecule has 62 heavy (non-hydrogen) atoms. The summed E-state index contributed by atoms with van der Waals surface area (Å²) in [6.07, 6.45) is -3.94. The van der Waals surface area contributed by atoms with Crippen molar-refractivity contribution in [2.45, 2.75) is 161 Å². The van der Waals surface area contributed by atoms with E-state index in [2.05, 4.69) is 42.5 Å². The number of carbonyl (C=O) groups is 10. The minimum absolute atomic E-state index is 0.00462. The third-order valence-corrected chi connectivity index (χ3v) is 9.53. The highest BCUT2D eigenvalue weighted by Gasteiger charge is 2.38. The van der Waals surface area contributed by atoms with Crippen LogP contribution in [0.25, 0.3) is 0 Å². The first-order valence-electron chi connectivity index (χ1n) is 20.6. The molecular formula is C39H66N8O15. The summed E-state index contributed by atoms with van der Waals surface area (Å²) in [7, 11) is 0. The number of aliphatic carboxylic acids is 3. The topological polar surface area (TPSA) is 368 Å². The molecule has 23 heteroatoms. The van der Waals surface area contributed by atoms with Crippen molar-refractivity contribution in [3.8, 4) is 0 Å². The number of amides is 7. The van der Waals surface area contributed by atoms with Gasteiger partial charge in [0.25, 0.3) is 0 Å². The monoisotopic (exact) mass is 886 g/mol. The number of nitrogens with one attached hydrogen (secondary N) is 8. The van der Waals surface area contributed by atoms with Crippen molar-refractivity contribution < 1.29 is 73.5 Å². The van der Waals surface area contributed by atoms with Crippen molar-refractivity contribution in [1.82, 2.24) is 42.5 Å². The van der Waals surface area contributed by atoms with Gasteiger partial charge < -0.3 is 68.1 Å². The quantitative estimate of drug-likeness (QED) is 0.0393. The second-order valence-electron chi connectivity index (χ2n) is 16.8. The first-order chi connectivity index (χ1) is 28.7. The number of carbonyl (C=O) groups excluding carboxylic acids is 7. The molecule has 13 N–H and O–H groups in total. The Morgan fingerprint density at radius 1 is 0.484 bits per heavy atom. The molecule has 1 fully saturated rings. The van der Waals surface area contributed by atoms with Gasteiger partial charge in [0.2, 0.25) is 41.4 Å². The van der Waals surface area contributed by atoms with E-state index in [1.165, 1.54) is 6.92 Å². The second-order valence-corrected chi connectivity index (χ2v) is 16.8. The Kier molecular flexibility index (Phi) is 23.0. The van der Waals surface area contributed by atoms with E-state index in [1.807, 2.05) is 0 Å². The fourth-order valence-electron chi connectivity index (χ4n) is 6.43. The van der Waals surface area contributed by atoms with Crippen LogP contribution < -0.4 is 42.5 Å². The van der Waals surface area contributed by atoms with Crippen molar-refractivity contribution >= 4 is 59.3 Å². The van der Waals surface area contributed by atoms with Gasteiger partial charge in [-0.25, -0.2) is 4.79 Å². The number of rotatable bonds is 27. The number of carboxylic acids is 3. The van der Waals surface area contributed by atoms with Crippen LogP contribution in [0, 0.1) is 17.8 Å². The van der Waals surface area contributed by atoms with Gasteiger partial charge in [-0.15, -0.1) is 0 Å². The lowest BCUT2D eigenvalue weighted by atomic mass is 9.98. The van der Waals surface area contributed by atoms with Crippen LogP contribution in [0.5, 0.6) is 0 Å². The molecule has 1 aliphatic heterocycles. The molecule has 1 rings (SSSR count). The summed E-state index contributed by atoms with van der Waals surface area (Å²) < 4.78 is 0. The van der Waals surface area contributed by atoms with E-state index >= 15 is 0 Å². The fourth-order valence-corrected chi connectivity index (χ4v) is 6.43. The molecule has 10 atom stereocenters. The summed E-state index contributed by atoms with van der Waals surface area (Å²) in [4.78, 5) is 128. The van der Waals surface area contributed by atoms with Gasteiger partial charge in [-0.05, 0) is 70.3 Å². The Hall–Kier alpha value is -5.42. The molecule has 352 valence electrons. The van der Waals surface area contributed by atoms with E-state index in [1.54, 1.807) is 41.5 Å². The van der Waals surface area contributed by atoms with Crippen LogP contribution in [-0.4, -0.2) is 152 Å². The zero-order valence-electron chi connectivity index (χ0n) is 36.5.